The minimum absolute atomic E-state index is 0.319. The van der Waals surface area contributed by atoms with Gasteiger partial charge in [-0.05, 0) is 38.1 Å². The number of piperidine rings is 1. The van der Waals surface area contributed by atoms with E-state index < -0.39 is 0 Å². The van der Waals surface area contributed by atoms with Crippen LogP contribution in [0.1, 0.15) is 39.0 Å². The molecule has 0 aromatic rings. The highest BCUT2D eigenvalue weighted by atomic mass is 16.3. The summed E-state index contributed by atoms with van der Waals surface area (Å²) in [5.41, 5.74) is 0. The molecule has 16 heavy (non-hydrogen) atoms. The van der Waals surface area contributed by atoms with Gasteiger partial charge in [0.15, 0.2) is 0 Å². The van der Waals surface area contributed by atoms with Gasteiger partial charge in [-0.2, -0.15) is 0 Å². The minimum Gasteiger partial charge on any atom is -0.396 e. The molecule has 2 aliphatic rings. The number of hydrogen-bond donors (Lipinski definition) is 2. The monoisotopic (exact) mass is 226 g/mol. The highest BCUT2D eigenvalue weighted by Gasteiger charge is 2.26. The van der Waals surface area contributed by atoms with Crippen molar-refractivity contribution < 1.29 is 5.11 Å². The van der Waals surface area contributed by atoms with E-state index in [4.69, 9.17) is 5.11 Å². The van der Waals surface area contributed by atoms with Gasteiger partial charge in [0.2, 0.25) is 0 Å². The quantitative estimate of drug-likeness (QED) is 0.715. The van der Waals surface area contributed by atoms with Crippen LogP contribution < -0.4 is 5.32 Å². The average molecular weight is 226 g/mol. The number of nitrogens with zero attached hydrogens (tertiary/aromatic N) is 1. The molecule has 1 aliphatic heterocycles. The maximum atomic E-state index is 9.14. The van der Waals surface area contributed by atoms with Gasteiger partial charge in [-0.3, -0.25) is 4.90 Å². The summed E-state index contributed by atoms with van der Waals surface area (Å²) in [4.78, 5) is 2.58. The lowest BCUT2D eigenvalue weighted by Crippen LogP contribution is -2.47. The zero-order chi connectivity index (χ0) is 11.4. The van der Waals surface area contributed by atoms with Gasteiger partial charge >= 0.3 is 0 Å². The first kappa shape index (κ1) is 12.3. The molecule has 94 valence electrons. The standard InChI is InChI=1S/C13H26N2O/c1-11(10-16)9-15-7-3-2-4-13(15)8-14-12-5-6-12/h11-14,16H,2-10H2,1H3. The van der Waals surface area contributed by atoms with Crippen molar-refractivity contribution in [2.45, 2.75) is 51.1 Å². The average Bonchev–Trinajstić information content (AvgIpc) is 3.11. The first-order valence-electron chi connectivity index (χ1n) is 6.88. The van der Waals surface area contributed by atoms with Gasteiger partial charge in [0.1, 0.15) is 0 Å². The minimum atomic E-state index is 0.319. The van der Waals surface area contributed by atoms with E-state index in [1.165, 1.54) is 38.6 Å². The molecule has 0 amide bonds. The maximum absolute atomic E-state index is 9.14. The summed E-state index contributed by atoms with van der Waals surface area (Å²) < 4.78 is 0. The van der Waals surface area contributed by atoms with Crippen LogP contribution in [0.4, 0.5) is 0 Å². The van der Waals surface area contributed by atoms with Crippen LogP contribution in [0.2, 0.25) is 0 Å². The van der Waals surface area contributed by atoms with Crippen molar-refractivity contribution >= 4 is 0 Å². The summed E-state index contributed by atoms with van der Waals surface area (Å²) in [6.45, 7) is 5.90. The SMILES string of the molecule is CC(CO)CN1CCCCC1CNC1CC1. The summed E-state index contributed by atoms with van der Waals surface area (Å²) in [5.74, 6) is 0.418. The fraction of sp³-hybridized carbons (Fsp3) is 1.00. The molecule has 1 saturated carbocycles. The van der Waals surface area contributed by atoms with E-state index in [-0.39, 0.29) is 0 Å². The van der Waals surface area contributed by atoms with Gasteiger partial charge in [0.05, 0.1) is 0 Å². The second-order valence-corrected chi connectivity index (χ2v) is 5.61. The number of aliphatic hydroxyl groups is 1. The van der Waals surface area contributed by atoms with Crippen molar-refractivity contribution in [2.24, 2.45) is 5.92 Å². The zero-order valence-corrected chi connectivity index (χ0v) is 10.5. The van der Waals surface area contributed by atoms with Gasteiger partial charge in [-0.25, -0.2) is 0 Å². The van der Waals surface area contributed by atoms with E-state index in [1.54, 1.807) is 0 Å². The third kappa shape index (κ3) is 3.72. The molecule has 2 atom stereocenters. The number of hydrogen-bond acceptors (Lipinski definition) is 3. The summed E-state index contributed by atoms with van der Waals surface area (Å²) in [6, 6.07) is 1.53. The molecule has 0 aromatic carbocycles. The van der Waals surface area contributed by atoms with Gasteiger partial charge in [-0.1, -0.05) is 13.3 Å². The zero-order valence-electron chi connectivity index (χ0n) is 10.5. The van der Waals surface area contributed by atoms with E-state index in [1.807, 2.05) is 0 Å². The van der Waals surface area contributed by atoms with Crippen molar-refractivity contribution in [3.8, 4) is 0 Å². The molecular formula is C13H26N2O. The van der Waals surface area contributed by atoms with Crippen LogP contribution in [-0.4, -0.2) is 48.3 Å². The summed E-state index contributed by atoms with van der Waals surface area (Å²) in [7, 11) is 0. The predicted octanol–water partition coefficient (Wildman–Crippen LogP) is 1.22. The summed E-state index contributed by atoms with van der Waals surface area (Å²) in [5, 5.41) is 12.8. The second-order valence-electron chi connectivity index (χ2n) is 5.61. The molecule has 3 heteroatoms. The van der Waals surface area contributed by atoms with Gasteiger partial charge in [-0.15, -0.1) is 0 Å². The van der Waals surface area contributed by atoms with Crippen molar-refractivity contribution in [3.05, 3.63) is 0 Å². The second kappa shape index (κ2) is 5.99. The number of nitrogens with one attached hydrogen (secondary N) is 1. The molecule has 0 aromatic heterocycles. The van der Waals surface area contributed by atoms with Crippen molar-refractivity contribution in [2.75, 3.05) is 26.2 Å². The van der Waals surface area contributed by atoms with Crippen molar-refractivity contribution in [3.63, 3.8) is 0 Å². The van der Waals surface area contributed by atoms with Crippen LogP contribution in [-0.2, 0) is 0 Å². The normalized spacial score (nSPS) is 29.2. The van der Waals surface area contributed by atoms with E-state index in [9.17, 15) is 0 Å². The smallest absolute Gasteiger partial charge is 0.0468 e. The fourth-order valence-corrected chi connectivity index (χ4v) is 2.58. The molecule has 1 saturated heterocycles. The Morgan fingerprint density at radius 1 is 1.31 bits per heavy atom. The van der Waals surface area contributed by atoms with Crippen LogP contribution in [0.3, 0.4) is 0 Å². The Labute approximate surface area is 99.2 Å². The molecule has 0 spiro atoms. The van der Waals surface area contributed by atoms with Gasteiger partial charge in [0.25, 0.3) is 0 Å². The van der Waals surface area contributed by atoms with Crippen molar-refractivity contribution in [1.82, 2.24) is 10.2 Å². The predicted molar refractivity (Wildman–Crippen MR) is 66.5 cm³/mol. The molecule has 2 N–H and O–H groups in total. The summed E-state index contributed by atoms with van der Waals surface area (Å²) >= 11 is 0. The lowest BCUT2D eigenvalue weighted by Gasteiger charge is -2.37. The Morgan fingerprint density at radius 2 is 2.12 bits per heavy atom. The molecule has 0 bridgehead atoms. The van der Waals surface area contributed by atoms with Crippen LogP contribution in [0.5, 0.6) is 0 Å². The molecule has 3 nitrogen and oxygen atoms in total. The molecule has 2 rings (SSSR count). The first-order valence-corrected chi connectivity index (χ1v) is 6.88. The van der Waals surface area contributed by atoms with E-state index >= 15 is 0 Å². The lowest BCUT2D eigenvalue weighted by atomic mass is 10.00. The van der Waals surface area contributed by atoms with Crippen LogP contribution in [0, 0.1) is 5.92 Å². The lowest BCUT2D eigenvalue weighted by molar-refractivity contribution is 0.105. The highest BCUT2D eigenvalue weighted by Crippen LogP contribution is 2.21. The van der Waals surface area contributed by atoms with Crippen molar-refractivity contribution in [1.29, 1.82) is 0 Å². The maximum Gasteiger partial charge on any atom is 0.0468 e. The Bertz CT molecular complexity index is 206. The molecule has 0 radical (unpaired) electrons. The fourth-order valence-electron chi connectivity index (χ4n) is 2.58. The molecule has 1 heterocycles. The van der Waals surface area contributed by atoms with Crippen LogP contribution in [0.25, 0.3) is 0 Å². The Kier molecular flexibility index (Phi) is 4.62. The van der Waals surface area contributed by atoms with Gasteiger partial charge in [0, 0.05) is 31.8 Å². The third-order valence-electron chi connectivity index (χ3n) is 3.83. The largest absolute Gasteiger partial charge is 0.396 e. The molecular weight excluding hydrogens is 200 g/mol. The topological polar surface area (TPSA) is 35.5 Å². The van der Waals surface area contributed by atoms with Crippen LogP contribution >= 0.6 is 0 Å². The number of rotatable bonds is 6. The van der Waals surface area contributed by atoms with E-state index in [2.05, 4.69) is 17.1 Å². The Balaban J connectivity index is 1.75. The van der Waals surface area contributed by atoms with Crippen LogP contribution in [0.15, 0.2) is 0 Å². The Morgan fingerprint density at radius 3 is 2.81 bits per heavy atom. The Hall–Kier alpha value is -0.120. The first-order chi connectivity index (χ1) is 7.79. The van der Waals surface area contributed by atoms with E-state index in [0.29, 0.717) is 18.6 Å². The third-order valence-corrected chi connectivity index (χ3v) is 3.83. The molecule has 2 unspecified atom stereocenters. The molecule has 1 aliphatic carbocycles. The highest BCUT2D eigenvalue weighted by molar-refractivity contribution is 4.86. The number of aliphatic hydroxyl groups excluding tert-OH is 1. The van der Waals surface area contributed by atoms with Gasteiger partial charge < -0.3 is 10.4 Å². The summed E-state index contributed by atoms with van der Waals surface area (Å²) in [6.07, 6.45) is 6.79. The number of likely N-dealkylation sites (tertiary alicyclic amines) is 1. The van der Waals surface area contributed by atoms with E-state index in [0.717, 1.165) is 19.1 Å². The molecule has 2 fully saturated rings.